The SMILES string of the molecule is O=C(Nc1cc(CCOc2c(F)cc(C(=O)O)c(NC(=O)c3ccc(-n4ccnc4)nn3)c2F)c(F)cc1C(=O)O)c1ccc(-n2ccnc2)nn1. The predicted molar refractivity (Wildman–Crippen MR) is 170 cm³/mol. The molecule has 0 saturated heterocycles. The first kappa shape index (κ1) is 34.4. The van der Waals surface area contributed by atoms with Crippen LogP contribution in [0, 0.1) is 17.5 Å². The predicted octanol–water partition coefficient (Wildman–Crippen LogP) is 3.58. The molecule has 52 heavy (non-hydrogen) atoms. The summed E-state index contributed by atoms with van der Waals surface area (Å²) in [7, 11) is 0. The van der Waals surface area contributed by atoms with Crippen molar-refractivity contribution < 1.29 is 47.3 Å². The summed E-state index contributed by atoms with van der Waals surface area (Å²) in [6.45, 7) is -0.632. The lowest BCUT2D eigenvalue weighted by molar-refractivity contribution is 0.0686. The van der Waals surface area contributed by atoms with Crippen LogP contribution in [-0.2, 0) is 6.42 Å². The third kappa shape index (κ3) is 7.24. The van der Waals surface area contributed by atoms with E-state index in [4.69, 9.17) is 4.74 Å². The van der Waals surface area contributed by atoms with Crippen LogP contribution in [0.25, 0.3) is 11.6 Å². The number of amides is 2. The first-order valence-corrected chi connectivity index (χ1v) is 14.7. The summed E-state index contributed by atoms with van der Waals surface area (Å²) in [6, 6.07) is 7.46. The Kier molecular flexibility index (Phi) is 9.61. The number of aromatic nitrogens is 8. The second-order valence-electron chi connectivity index (χ2n) is 10.5. The van der Waals surface area contributed by atoms with Crippen LogP contribution in [0.5, 0.6) is 5.75 Å². The molecule has 0 aliphatic heterocycles. The van der Waals surface area contributed by atoms with E-state index in [1.807, 2.05) is 5.32 Å². The van der Waals surface area contributed by atoms with E-state index in [-0.39, 0.29) is 22.6 Å². The molecule has 0 radical (unpaired) electrons. The Morgan fingerprint density at radius 1 is 0.712 bits per heavy atom. The number of nitrogens with zero attached hydrogens (tertiary/aromatic N) is 8. The fraction of sp³-hybridized carbons (Fsp3) is 0.0625. The van der Waals surface area contributed by atoms with Crippen LogP contribution in [0.4, 0.5) is 24.5 Å². The molecule has 0 atom stereocenters. The van der Waals surface area contributed by atoms with Crippen LogP contribution in [0.3, 0.4) is 0 Å². The topological polar surface area (TPSA) is 229 Å². The molecule has 6 aromatic rings. The number of carboxylic acid groups (broad SMARTS) is 2. The summed E-state index contributed by atoms with van der Waals surface area (Å²) in [5.41, 5.74) is -3.60. The molecule has 0 aliphatic carbocycles. The van der Waals surface area contributed by atoms with Gasteiger partial charge in [-0.1, -0.05) is 0 Å². The largest absolute Gasteiger partial charge is 0.487 e. The molecular formula is C32H21F3N10O7. The molecule has 0 unspecified atom stereocenters. The van der Waals surface area contributed by atoms with Crippen LogP contribution >= 0.6 is 0 Å². The zero-order valence-corrected chi connectivity index (χ0v) is 26.1. The zero-order chi connectivity index (χ0) is 36.9. The average molecular weight is 715 g/mol. The molecular weight excluding hydrogens is 693 g/mol. The Morgan fingerprint density at radius 3 is 1.77 bits per heavy atom. The third-order valence-electron chi connectivity index (χ3n) is 7.23. The molecule has 2 aromatic carbocycles. The van der Waals surface area contributed by atoms with Crippen molar-refractivity contribution in [1.29, 1.82) is 0 Å². The minimum Gasteiger partial charge on any atom is -0.487 e. The highest BCUT2D eigenvalue weighted by molar-refractivity contribution is 6.08. The molecule has 6 rings (SSSR count). The van der Waals surface area contributed by atoms with Gasteiger partial charge in [0.05, 0.1) is 29.1 Å². The number of hydrogen-bond donors (Lipinski definition) is 4. The second-order valence-corrected chi connectivity index (χ2v) is 10.5. The van der Waals surface area contributed by atoms with E-state index in [2.05, 4.69) is 35.7 Å². The molecule has 0 spiro atoms. The Morgan fingerprint density at radius 2 is 1.27 bits per heavy atom. The number of nitrogens with one attached hydrogen (secondary N) is 2. The molecule has 262 valence electrons. The van der Waals surface area contributed by atoms with Crippen molar-refractivity contribution >= 4 is 35.1 Å². The highest BCUT2D eigenvalue weighted by Crippen LogP contribution is 2.33. The van der Waals surface area contributed by atoms with Crippen LogP contribution in [-0.4, -0.2) is 80.1 Å². The normalized spacial score (nSPS) is 10.8. The van der Waals surface area contributed by atoms with E-state index in [9.17, 15) is 38.2 Å². The van der Waals surface area contributed by atoms with E-state index in [1.165, 1.54) is 58.4 Å². The first-order valence-electron chi connectivity index (χ1n) is 14.7. The summed E-state index contributed by atoms with van der Waals surface area (Å²) >= 11 is 0. The number of halogens is 3. The van der Waals surface area contributed by atoms with Gasteiger partial charge in [0, 0.05) is 31.2 Å². The molecule has 17 nitrogen and oxygen atoms in total. The van der Waals surface area contributed by atoms with Crippen molar-refractivity contribution in [2.24, 2.45) is 0 Å². The quantitative estimate of drug-likeness (QED) is 0.142. The lowest BCUT2D eigenvalue weighted by atomic mass is 10.1. The van der Waals surface area contributed by atoms with Gasteiger partial charge in [-0.3, -0.25) is 18.7 Å². The maximum absolute atomic E-state index is 15.6. The smallest absolute Gasteiger partial charge is 0.338 e. The van der Waals surface area contributed by atoms with Gasteiger partial charge in [-0.15, -0.1) is 20.4 Å². The van der Waals surface area contributed by atoms with E-state index in [1.54, 1.807) is 12.4 Å². The molecule has 0 aliphatic rings. The molecule has 0 fully saturated rings. The summed E-state index contributed by atoms with van der Waals surface area (Å²) in [5, 5.41) is 38.9. The average Bonchev–Trinajstić information content (AvgIpc) is 3.88. The molecule has 2 amide bonds. The highest BCUT2D eigenvalue weighted by atomic mass is 19.1. The summed E-state index contributed by atoms with van der Waals surface area (Å²) in [4.78, 5) is 57.2. The van der Waals surface area contributed by atoms with Gasteiger partial charge in [-0.2, -0.15) is 0 Å². The van der Waals surface area contributed by atoms with Gasteiger partial charge in [0.25, 0.3) is 11.8 Å². The van der Waals surface area contributed by atoms with E-state index in [0.717, 1.165) is 6.07 Å². The van der Waals surface area contributed by atoms with Crippen molar-refractivity contribution in [3.05, 3.63) is 125 Å². The molecule has 4 heterocycles. The molecule has 20 heteroatoms. The first-order chi connectivity index (χ1) is 25.0. The fourth-order valence-electron chi connectivity index (χ4n) is 4.70. The highest BCUT2D eigenvalue weighted by Gasteiger charge is 2.26. The summed E-state index contributed by atoms with van der Waals surface area (Å²) < 4.78 is 53.8. The van der Waals surface area contributed by atoms with Gasteiger partial charge < -0.3 is 25.6 Å². The van der Waals surface area contributed by atoms with Crippen LogP contribution in [0.1, 0.15) is 47.3 Å². The number of hydrogen-bond acceptors (Lipinski definition) is 11. The van der Waals surface area contributed by atoms with Gasteiger partial charge >= 0.3 is 11.9 Å². The number of rotatable bonds is 12. The number of carbonyl (C=O) groups is 4. The number of imidazole rings is 2. The van der Waals surface area contributed by atoms with Crippen LogP contribution < -0.4 is 15.4 Å². The van der Waals surface area contributed by atoms with E-state index in [0.29, 0.717) is 23.8 Å². The Balaban J connectivity index is 1.18. The third-order valence-corrected chi connectivity index (χ3v) is 7.23. The number of aromatic carboxylic acids is 2. The van der Waals surface area contributed by atoms with Gasteiger partial charge in [0.1, 0.15) is 18.5 Å². The monoisotopic (exact) mass is 714 g/mol. The number of ether oxygens (including phenoxy) is 1. The van der Waals surface area contributed by atoms with E-state index >= 15 is 4.39 Å². The second kappa shape index (κ2) is 14.5. The Hall–Kier alpha value is -7.51. The standard InChI is InChI=1S/C32H21F3N10O7/c33-19-12-17(31(48)49)23(38-29(46)21-1-3-24(42-40-21)44-8-6-36-14-44)11-16(19)5-10-52-28-20(34)13-18(32(50)51)27(26(28)35)39-30(47)22-2-4-25(43-41-22)45-9-7-37-15-45/h1-4,6-9,11-15H,5,10H2,(H,38,46)(H,39,47)(H,48,49)(H,50,51). The van der Waals surface area contributed by atoms with Crippen molar-refractivity contribution in [2.75, 3.05) is 17.2 Å². The maximum atomic E-state index is 15.6. The van der Waals surface area contributed by atoms with Gasteiger partial charge in [0.2, 0.25) is 0 Å². The number of carbonyl (C=O) groups excluding carboxylic acids is 2. The summed E-state index contributed by atoms with van der Waals surface area (Å²) in [6.07, 6.45) is 8.61. The van der Waals surface area contributed by atoms with Gasteiger partial charge in [-0.25, -0.2) is 32.7 Å². The Labute approximate surface area is 288 Å². The van der Waals surface area contributed by atoms with Crippen LogP contribution in [0.2, 0.25) is 0 Å². The maximum Gasteiger partial charge on any atom is 0.338 e. The van der Waals surface area contributed by atoms with Crippen molar-refractivity contribution in [1.82, 2.24) is 39.5 Å². The van der Waals surface area contributed by atoms with Crippen LogP contribution in [0.15, 0.2) is 79.9 Å². The number of carboxylic acids is 2. The van der Waals surface area contributed by atoms with Gasteiger partial charge in [-0.05, 0) is 48.0 Å². The minimum absolute atomic E-state index is 0.202. The molecule has 4 N–H and O–H groups in total. The molecule has 0 saturated carbocycles. The number of benzene rings is 2. The van der Waals surface area contributed by atoms with Crippen molar-refractivity contribution in [3.8, 4) is 17.4 Å². The zero-order valence-electron chi connectivity index (χ0n) is 26.1. The lowest BCUT2D eigenvalue weighted by Gasteiger charge is -2.15. The fourth-order valence-corrected chi connectivity index (χ4v) is 4.70. The number of anilines is 2. The molecule has 0 bridgehead atoms. The Bertz CT molecular complexity index is 2300. The summed E-state index contributed by atoms with van der Waals surface area (Å²) in [5.74, 6) is -9.87. The van der Waals surface area contributed by atoms with E-state index < -0.39 is 76.8 Å². The van der Waals surface area contributed by atoms with Gasteiger partial charge in [0.15, 0.2) is 40.4 Å². The van der Waals surface area contributed by atoms with Crippen molar-refractivity contribution in [2.45, 2.75) is 6.42 Å². The minimum atomic E-state index is -1.78. The van der Waals surface area contributed by atoms with Crippen molar-refractivity contribution in [3.63, 3.8) is 0 Å². The molecule has 4 aromatic heterocycles. The lowest BCUT2D eigenvalue weighted by Crippen LogP contribution is -2.19.